The third-order valence-electron chi connectivity index (χ3n) is 2.68. The first kappa shape index (κ1) is 10.9. The molecular formula is C11H12FNO3. The zero-order valence-corrected chi connectivity index (χ0v) is 8.48. The molecule has 1 aliphatic rings. The summed E-state index contributed by atoms with van der Waals surface area (Å²) < 4.78 is 13.3. The first-order valence-corrected chi connectivity index (χ1v) is 5.03. The van der Waals surface area contributed by atoms with Gasteiger partial charge in [-0.25, -0.2) is 9.18 Å². The Bertz CT molecular complexity index is 416. The zero-order chi connectivity index (χ0) is 11.7. The van der Waals surface area contributed by atoms with Gasteiger partial charge in [-0.3, -0.25) is 0 Å². The molecule has 1 aromatic carbocycles. The molecule has 2 rings (SSSR count). The number of aromatic carboxylic acids is 1. The predicted octanol–water partition coefficient (Wildman–Crippen LogP) is 1.46. The maximum absolute atomic E-state index is 13.3. The lowest BCUT2D eigenvalue weighted by molar-refractivity contribution is 0.0692. The molecule has 0 aromatic heterocycles. The van der Waals surface area contributed by atoms with Gasteiger partial charge in [0.2, 0.25) is 0 Å². The van der Waals surface area contributed by atoms with Crippen molar-refractivity contribution in [2.45, 2.75) is 25.0 Å². The van der Waals surface area contributed by atoms with Crippen LogP contribution in [-0.2, 0) is 0 Å². The van der Waals surface area contributed by atoms with Gasteiger partial charge in [0.05, 0.1) is 11.7 Å². The number of aliphatic hydroxyl groups excluding tert-OH is 1. The van der Waals surface area contributed by atoms with E-state index in [4.69, 9.17) is 10.2 Å². The van der Waals surface area contributed by atoms with E-state index in [1.807, 2.05) is 0 Å². The van der Waals surface area contributed by atoms with Gasteiger partial charge in [0.1, 0.15) is 5.82 Å². The molecule has 0 spiro atoms. The Morgan fingerprint density at radius 3 is 2.62 bits per heavy atom. The Labute approximate surface area is 91.7 Å². The van der Waals surface area contributed by atoms with E-state index in [2.05, 4.69) is 5.32 Å². The van der Waals surface area contributed by atoms with E-state index in [1.165, 1.54) is 12.1 Å². The van der Waals surface area contributed by atoms with Gasteiger partial charge in [0.25, 0.3) is 0 Å². The molecule has 1 aliphatic carbocycles. The van der Waals surface area contributed by atoms with E-state index in [-0.39, 0.29) is 17.7 Å². The van der Waals surface area contributed by atoms with Crippen LogP contribution in [0.5, 0.6) is 0 Å². The number of carboxylic acid groups (broad SMARTS) is 1. The minimum Gasteiger partial charge on any atom is -0.478 e. The first-order chi connectivity index (χ1) is 7.56. The maximum Gasteiger partial charge on any atom is 0.338 e. The number of rotatable bonds is 3. The van der Waals surface area contributed by atoms with Crippen LogP contribution < -0.4 is 5.32 Å². The Morgan fingerprint density at radius 1 is 1.44 bits per heavy atom. The van der Waals surface area contributed by atoms with Crippen LogP contribution in [0, 0.1) is 5.82 Å². The van der Waals surface area contributed by atoms with Gasteiger partial charge in [0, 0.05) is 11.7 Å². The Kier molecular flexibility index (Phi) is 2.78. The monoisotopic (exact) mass is 225 g/mol. The number of aliphatic hydroxyl groups is 1. The molecule has 16 heavy (non-hydrogen) atoms. The number of carbonyl (C=O) groups is 1. The van der Waals surface area contributed by atoms with Crippen molar-refractivity contribution in [1.82, 2.24) is 0 Å². The van der Waals surface area contributed by atoms with Crippen molar-refractivity contribution in [2.24, 2.45) is 0 Å². The fraction of sp³-hybridized carbons (Fsp3) is 0.364. The molecule has 0 bridgehead atoms. The van der Waals surface area contributed by atoms with Crippen LogP contribution in [0.3, 0.4) is 0 Å². The van der Waals surface area contributed by atoms with Crippen molar-refractivity contribution < 1.29 is 19.4 Å². The summed E-state index contributed by atoms with van der Waals surface area (Å²) in [6.45, 7) is 0. The summed E-state index contributed by atoms with van der Waals surface area (Å²) in [5.74, 6) is -2.03. The normalized spacial score (nSPS) is 23.6. The van der Waals surface area contributed by atoms with Gasteiger partial charge in [0.15, 0.2) is 0 Å². The van der Waals surface area contributed by atoms with E-state index in [1.54, 1.807) is 0 Å². The molecule has 3 N–H and O–H groups in total. The second-order valence-electron chi connectivity index (χ2n) is 3.97. The molecule has 0 heterocycles. The highest BCUT2D eigenvalue weighted by molar-refractivity contribution is 5.88. The fourth-order valence-corrected chi connectivity index (χ4v) is 1.72. The van der Waals surface area contributed by atoms with Gasteiger partial charge in [-0.05, 0) is 31.0 Å². The summed E-state index contributed by atoms with van der Waals surface area (Å²) in [5, 5.41) is 20.7. The molecular weight excluding hydrogens is 213 g/mol. The van der Waals surface area contributed by atoms with E-state index in [0.717, 1.165) is 6.07 Å². The van der Waals surface area contributed by atoms with Gasteiger partial charge < -0.3 is 15.5 Å². The summed E-state index contributed by atoms with van der Waals surface area (Å²) in [6.07, 6.45) is 1.01. The topological polar surface area (TPSA) is 69.6 Å². The highest BCUT2D eigenvalue weighted by Gasteiger charge is 2.27. The smallest absolute Gasteiger partial charge is 0.338 e. The Morgan fingerprint density at radius 2 is 2.12 bits per heavy atom. The van der Waals surface area contributed by atoms with Crippen LogP contribution in [0.25, 0.3) is 0 Å². The molecule has 0 amide bonds. The van der Waals surface area contributed by atoms with Gasteiger partial charge in [-0.1, -0.05) is 0 Å². The number of benzene rings is 1. The molecule has 5 heteroatoms. The van der Waals surface area contributed by atoms with E-state index in [0.29, 0.717) is 18.5 Å². The highest BCUT2D eigenvalue weighted by atomic mass is 19.1. The molecule has 1 fully saturated rings. The van der Waals surface area contributed by atoms with E-state index >= 15 is 0 Å². The number of hydrogen-bond acceptors (Lipinski definition) is 3. The Hall–Kier alpha value is -1.62. The molecule has 0 unspecified atom stereocenters. The van der Waals surface area contributed by atoms with Gasteiger partial charge >= 0.3 is 5.97 Å². The molecule has 0 saturated heterocycles. The van der Waals surface area contributed by atoms with Crippen LogP contribution in [0.1, 0.15) is 23.2 Å². The van der Waals surface area contributed by atoms with Gasteiger partial charge in [-0.2, -0.15) is 0 Å². The van der Waals surface area contributed by atoms with Crippen LogP contribution in [0.4, 0.5) is 10.1 Å². The number of anilines is 1. The predicted molar refractivity (Wildman–Crippen MR) is 56.0 cm³/mol. The fourth-order valence-electron chi connectivity index (χ4n) is 1.72. The van der Waals surface area contributed by atoms with Crippen molar-refractivity contribution in [3.8, 4) is 0 Å². The third-order valence-corrected chi connectivity index (χ3v) is 2.68. The second kappa shape index (κ2) is 4.09. The number of carboxylic acids is 1. The molecule has 4 nitrogen and oxygen atoms in total. The van der Waals surface area contributed by atoms with Gasteiger partial charge in [-0.15, -0.1) is 0 Å². The Balaban J connectivity index is 2.06. The first-order valence-electron chi connectivity index (χ1n) is 5.03. The minimum atomic E-state index is -1.27. The second-order valence-corrected chi connectivity index (χ2v) is 3.97. The highest BCUT2D eigenvalue weighted by Crippen LogP contribution is 2.24. The SMILES string of the molecule is O=C(O)c1ccc(NC2CC(O)C2)cc1F. The van der Waals surface area contributed by atoms with Crippen LogP contribution in [-0.4, -0.2) is 28.3 Å². The number of halogens is 1. The lowest BCUT2D eigenvalue weighted by Gasteiger charge is -2.32. The maximum atomic E-state index is 13.3. The molecule has 0 aliphatic heterocycles. The minimum absolute atomic E-state index is 0.144. The van der Waals surface area contributed by atoms with E-state index < -0.39 is 11.8 Å². The molecule has 86 valence electrons. The summed E-state index contributed by atoms with van der Waals surface area (Å²) in [7, 11) is 0. The van der Waals surface area contributed by atoms with E-state index in [9.17, 15) is 9.18 Å². The molecule has 1 aromatic rings. The van der Waals surface area contributed by atoms with Crippen molar-refractivity contribution in [3.05, 3.63) is 29.6 Å². The number of nitrogens with one attached hydrogen (secondary N) is 1. The third kappa shape index (κ3) is 2.14. The molecule has 0 atom stereocenters. The van der Waals surface area contributed by atoms with Crippen LogP contribution >= 0.6 is 0 Å². The summed E-state index contributed by atoms with van der Waals surface area (Å²) in [6, 6.07) is 4.06. The summed E-state index contributed by atoms with van der Waals surface area (Å²) in [4.78, 5) is 10.6. The average Bonchev–Trinajstić information content (AvgIpc) is 2.15. The van der Waals surface area contributed by atoms with Crippen molar-refractivity contribution in [2.75, 3.05) is 5.32 Å². The quantitative estimate of drug-likeness (QED) is 0.728. The zero-order valence-electron chi connectivity index (χ0n) is 8.48. The molecule has 0 radical (unpaired) electrons. The van der Waals surface area contributed by atoms with Crippen LogP contribution in [0.15, 0.2) is 18.2 Å². The van der Waals surface area contributed by atoms with Crippen molar-refractivity contribution >= 4 is 11.7 Å². The average molecular weight is 225 g/mol. The van der Waals surface area contributed by atoms with Crippen molar-refractivity contribution in [1.29, 1.82) is 0 Å². The van der Waals surface area contributed by atoms with Crippen LogP contribution in [0.2, 0.25) is 0 Å². The lowest BCUT2D eigenvalue weighted by Crippen LogP contribution is -2.38. The lowest BCUT2D eigenvalue weighted by atomic mass is 9.89. The molecule has 1 saturated carbocycles. The largest absolute Gasteiger partial charge is 0.478 e. The standard InChI is InChI=1S/C11H12FNO3/c12-10-5-6(1-2-9(10)11(15)16)13-7-3-8(14)4-7/h1-2,5,7-8,13-14H,3-4H2,(H,15,16). The summed E-state index contributed by atoms with van der Waals surface area (Å²) >= 11 is 0. The summed E-state index contributed by atoms with van der Waals surface area (Å²) in [5.41, 5.74) is 0.207. The number of hydrogen-bond donors (Lipinski definition) is 3. The van der Waals surface area contributed by atoms with Crippen molar-refractivity contribution in [3.63, 3.8) is 0 Å².